The Bertz CT molecular complexity index is 800. The summed E-state index contributed by atoms with van der Waals surface area (Å²) in [5.74, 6) is 0.831. The highest BCUT2D eigenvalue weighted by molar-refractivity contribution is 5.93. The standard InChI is InChI=1S/C16H16N6/c1-17-21-20-12-8-9-15-14(10-12)16(19-11-18-15)22(2)13-6-4-3-5-7-13/h3-11H,1-2H3,(H,17,20). The van der Waals surface area contributed by atoms with E-state index in [1.807, 2.05) is 60.5 Å². The minimum absolute atomic E-state index is 0.749. The van der Waals surface area contributed by atoms with E-state index < -0.39 is 0 Å². The molecular weight excluding hydrogens is 276 g/mol. The van der Waals surface area contributed by atoms with Crippen LogP contribution in [0.2, 0.25) is 0 Å². The van der Waals surface area contributed by atoms with Gasteiger partial charge in [0.2, 0.25) is 0 Å². The Balaban J connectivity index is 2.10. The van der Waals surface area contributed by atoms with Crippen LogP contribution in [0.25, 0.3) is 10.9 Å². The fourth-order valence-corrected chi connectivity index (χ4v) is 2.24. The van der Waals surface area contributed by atoms with E-state index in [1.165, 1.54) is 0 Å². The van der Waals surface area contributed by atoms with Crippen molar-refractivity contribution >= 4 is 28.1 Å². The molecule has 0 atom stereocenters. The Morgan fingerprint density at radius 1 is 1.05 bits per heavy atom. The number of aromatic nitrogens is 2. The fraction of sp³-hybridized carbons (Fsp3) is 0.125. The lowest BCUT2D eigenvalue weighted by Gasteiger charge is -2.19. The number of para-hydroxylation sites is 1. The van der Waals surface area contributed by atoms with Crippen LogP contribution < -0.4 is 10.3 Å². The van der Waals surface area contributed by atoms with Crippen LogP contribution in [0.3, 0.4) is 0 Å². The lowest BCUT2D eigenvalue weighted by atomic mass is 10.2. The molecule has 0 bridgehead atoms. The third-order valence-corrected chi connectivity index (χ3v) is 3.32. The molecule has 1 heterocycles. The average Bonchev–Trinajstić information content (AvgIpc) is 2.59. The predicted molar refractivity (Wildman–Crippen MR) is 87.6 cm³/mol. The first-order valence-electron chi connectivity index (χ1n) is 6.90. The highest BCUT2D eigenvalue weighted by atomic mass is 15.4. The van der Waals surface area contributed by atoms with Gasteiger partial charge in [0, 0.05) is 25.2 Å². The van der Waals surface area contributed by atoms with Crippen molar-refractivity contribution in [2.75, 3.05) is 19.0 Å². The Kier molecular flexibility index (Phi) is 3.91. The SMILES string of the molecule is CNN=Nc1ccc2ncnc(N(C)c3ccccc3)c2c1. The number of rotatable bonds is 4. The molecule has 0 aliphatic rings. The van der Waals surface area contributed by atoms with E-state index >= 15 is 0 Å². The molecule has 1 aromatic heterocycles. The molecular formula is C16H16N6. The van der Waals surface area contributed by atoms with E-state index in [9.17, 15) is 0 Å². The summed E-state index contributed by atoms with van der Waals surface area (Å²) in [6.07, 6.45) is 1.58. The first kappa shape index (κ1) is 13.9. The van der Waals surface area contributed by atoms with Gasteiger partial charge in [0.1, 0.15) is 12.1 Å². The van der Waals surface area contributed by atoms with Gasteiger partial charge in [0.25, 0.3) is 0 Å². The summed E-state index contributed by atoms with van der Waals surface area (Å²) in [5, 5.41) is 8.82. The van der Waals surface area contributed by atoms with Crippen molar-refractivity contribution in [1.29, 1.82) is 0 Å². The maximum Gasteiger partial charge on any atom is 0.144 e. The summed E-state index contributed by atoms with van der Waals surface area (Å²) >= 11 is 0. The molecule has 3 rings (SSSR count). The van der Waals surface area contributed by atoms with Crippen LogP contribution in [-0.2, 0) is 0 Å². The Morgan fingerprint density at radius 3 is 2.64 bits per heavy atom. The van der Waals surface area contributed by atoms with Gasteiger partial charge in [-0.15, -0.1) is 5.11 Å². The predicted octanol–water partition coefficient (Wildman–Crippen LogP) is 3.62. The number of nitrogens with one attached hydrogen (secondary N) is 1. The molecule has 1 N–H and O–H groups in total. The highest BCUT2D eigenvalue weighted by Crippen LogP contribution is 2.30. The van der Waals surface area contributed by atoms with Gasteiger partial charge in [-0.3, -0.25) is 5.43 Å². The Morgan fingerprint density at radius 2 is 1.86 bits per heavy atom. The summed E-state index contributed by atoms with van der Waals surface area (Å²) in [6.45, 7) is 0. The summed E-state index contributed by atoms with van der Waals surface area (Å²) in [5.41, 5.74) is 5.32. The molecule has 3 aromatic rings. The van der Waals surface area contributed by atoms with Crippen molar-refractivity contribution in [1.82, 2.24) is 15.4 Å². The lowest BCUT2D eigenvalue weighted by molar-refractivity contribution is 0.822. The minimum atomic E-state index is 0.749. The van der Waals surface area contributed by atoms with E-state index in [0.29, 0.717) is 0 Å². The number of fused-ring (bicyclic) bond motifs is 1. The maximum atomic E-state index is 4.43. The largest absolute Gasteiger partial charge is 0.329 e. The molecule has 0 aliphatic heterocycles. The van der Waals surface area contributed by atoms with Crippen molar-refractivity contribution in [2.24, 2.45) is 10.3 Å². The molecule has 0 unspecified atom stereocenters. The molecule has 110 valence electrons. The van der Waals surface area contributed by atoms with E-state index in [1.54, 1.807) is 13.4 Å². The second kappa shape index (κ2) is 6.17. The molecule has 0 spiro atoms. The van der Waals surface area contributed by atoms with Gasteiger partial charge in [0.05, 0.1) is 11.2 Å². The van der Waals surface area contributed by atoms with Gasteiger partial charge in [-0.1, -0.05) is 23.4 Å². The van der Waals surface area contributed by atoms with Gasteiger partial charge in [0.15, 0.2) is 0 Å². The van der Waals surface area contributed by atoms with Crippen LogP contribution in [0.1, 0.15) is 0 Å². The van der Waals surface area contributed by atoms with Crippen molar-refractivity contribution < 1.29 is 0 Å². The zero-order valence-electron chi connectivity index (χ0n) is 12.4. The van der Waals surface area contributed by atoms with E-state index in [0.717, 1.165) is 28.1 Å². The molecule has 6 heteroatoms. The lowest BCUT2D eigenvalue weighted by Crippen LogP contribution is -2.11. The van der Waals surface area contributed by atoms with Gasteiger partial charge in [-0.2, -0.15) is 0 Å². The van der Waals surface area contributed by atoms with Crippen molar-refractivity contribution in [3.05, 3.63) is 54.9 Å². The number of anilines is 2. The van der Waals surface area contributed by atoms with Gasteiger partial charge >= 0.3 is 0 Å². The van der Waals surface area contributed by atoms with Gasteiger partial charge < -0.3 is 4.90 Å². The number of nitrogens with zero attached hydrogens (tertiary/aromatic N) is 5. The molecule has 0 aliphatic carbocycles. The zero-order valence-corrected chi connectivity index (χ0v) is 12.4. The van der Waals surface area contributed by atoms with E-state index in [2.05, 4.69) is 25.7 Å². The number of hydrogen-bond acceptors (Lipinski definition) is 5. The van der Waals surface area contributed by atoms with E-state index in [4.69, 9.17) is 0 Å². The molecule has 0 radical (unpaired) electrons. The van der Waals surface area contributed by atoms with Crippen molar-refractivity contribution in [2.45, 2.75) is 0 Å². The van der Waals surface area contributed by atoms with Crippen LogP contribution in [0.5, 0.6) is 0 Å². The second-order valence-corrected chi connectivity index (χ2v) is 4.72. The Labute approximate surface area is 128 Å². The minimum Gasteiger partial charge on any atom is -0.329 e. The summed E-state index contributed by atoms with van der Waals surface area (Å²) in [4.78, 5) is 10.8. The van der Waals surface area contributed by atoms with Gasteiger partial charge in [-0.05, 0) is 30.3 Å². The third-order valence-electron chi connectivity index (χ3n) is 3.32. The number of hydrogen-bond donors (Lipinski definition) is 1. The van der Waals surface area contributed by atoms with Crippen LogP contribution in [0, 0.1) is 0 Å². The molecule has 0 fully saturated rings. The smallest absolute Gasteiger partial charge is 0.144 e. The summed E-state index contributed by atoms with van der Waals surface area (Å²) in [7, 11) is 3.70. The summed E-state index contributed by atoms with van der Waals surface area (Å²) < 4.78 is 0. The highest BCUT2D eigenvalue weighted by Gasteiger charge is 2.10. The van der Waals surface area contributed by atoms with Gasteiger partial charge in [-0.25, -0.2) is 9.97 Å². The molecule has 0 saturated heterocycles. The zero-order chi connectivity index (χ0) is 15.4. The quantitative estimate of drug-likeness (QED) is 0.589. The van der Waals surface area contributed by atoms with Crippen LogP contribution in [0.4, 0.5) is 17.2 Å². The van der Waals surface area contributed by atoms with Crippen LogP contribution >= 0.6 is 0 Å². The van der Waals surface area contributed by atoms with E-state index in [-0.39, 0.29) is 0 Å². The average molecular weight is 292 g/mol. The normalized spacial score (nSPS) is 11.0. The topological polar surface area (TPSA) is 65.8 Å². The molecule has 0 saturated carbocycles. The molecule has 0 amide bonds. The first-order chi connectivity index (χ1) is 10.8. The first-order valence-corrected chi connectivity index (χ1v) is 6.90. The van der Waals surface area contributed by atoms with Crippen molar-refractivity contribution in [3.63, 3.8) is 0 Å². The third kappa shape index (κ3) is 2.71. The summed E-state index contributed by atoms with van der Waals surface area (Å²) in [6, 6.07) is 15.8. The van der Waals surface area contributed by atoms with Crippen LogP contribution in [-0.4, -0.2) is 24.1 Å². The monoisotopic (exact) mass is 292 g/mol. The number of benzene rings is 2. The molecule has 22 heavy (non-hydrogen) atoms. The molecule has 6 nitrogen and oxygen atoms in total. The second-order valence-electron chi connectivity index (χ2n) is 4.72. The molecule has 2 aromatic carbocycles. The Hall–Kier alpha value is -3.02. The van der Waals surface area contributed by atoms with Crippen LogP contribution in [0.15, 0.2) is 65.2 Å². The fourth-order valence-electron chi connectivity index (χ4n) is 2.24. The maximum absolute atomic E-state index is 4.43. The van der Waals surface area contributed by atoms with Crippen molar-refractivity contribution in [3.8, 4) is 0 Å².